The summed E-state index contributed by atoms with van der Waals surface area (Å²) in [5.74, 6) is -2.20. The number of aromatic nitrogens is 1. The lowest BCUT2D eigenvalue weighted by Crippen LogP contribution is -2.48. The molecule has 1 aliphatic rings. The van der Waals surface area contributed by atoms with E-state index in [4.69, 9.17) is 5.11 Å². The molecule has 0 aromatic carbocycles. The van der Waals surface area contributed by atoms with Crippen molar-refractivity contribution in [3.05, 3.63) is 29.6 Å². The van der Waals surface area contributed by atoms with Crippen molar-refractivity contribution in [2.45, 2.75) is 18.2 Å². The van der Waals surface area contributed by atoms with Gasteiger partial charge in [-0.1, -0.05) is 6.07 Å². The van der Waals surface area contributed by atoms with Crippen molar-refractivity contribution in [3.63, 3.8) is 0 Å². The zero-order valence-electron chi connectivity index (χ0n) is 10.6. The minimum absolute atomic E-state index is 0.277. The van der Waals surface area contributed by atoms with E-state index in [0.29, 0.717) is 0 Å². The van der Waals surface area contributed by atoms with Gasteiger partial charge in [-0.15, -0.1) is 0 Å². The van der Waals surface area contributed by atoms with Crippen LogP contribution in [0, 0.1) is 0 Å². The molecule has 0 saturated carbocycles. The van der Waals surface area contributed by atoms with Crippen molar-refractivity contribution < 1.29 is 33.0 Å². The lowest BCUT2D eigenvalue weighted by atomic mass is 10.0. The summed E-state index contributed by atoms with van der Waals surface area (Å²) in [6.45, 7) is -1.18. The average Bonchev–Trinajstić information content (AvgIpc) is 2.81. The molecular weight excluding hydrogens is 293 g/mol. The van der Waals surface area contributed by atoms with Gasteiger partial charge >= 0.3 is 12.1 Å². The second-order valence-electron chi connectivity index (χ2n) is 4.72. The molecule has 1 atom stereocenters. The summed E-state index contributed by atoms with van der Waals surface area (Å²) >= 11 is 0. The Morgan fingerprint density at radius 3 is 2.43 bits per heavy atom. The van der Waals surface area contributed by atoms with Crippen LogP contribution in [0.25, 0.3) is 0 Å². The second kappa shape index (κ2) is 4.99. The molecule has 0 aliphatic carbocycles. The van der Waals surface area contributed by atoms with Crippen LogP contribution in [0.3, 0.4) is 0 Å². The molecule has 1 amide bonds. The van der Waals surface area contributed by atoms with Gasteiger partial charge in [0.2, 0.25) is 0 Å². The maximum Gasteiger partial charge on any atom is 0.419 e. The van der Waals surface area contributed by atoms with Gasteiger partial charge in [-0.05, 0) is 12.1 Å². The maximum atomic E-state index is 12.7. The number of carboxylic acids is 1. The van der Waals surface area contributed by atoms with E-state index in [1.54, 1.807) is 0 Å². The Bertz CT molecular complexity index is 590. The van der Waals surface area contributed by atoms with E-state index in [1.807, 2.05) is 0 Å². The van der Waals surface area contributed by atoms with E-state index in [-0.39, 0.29) is 17.9 Å². The number of amides is 1. The van der Waals surface area contributed by atoms with E-state index < -0.39 is 36.6 Å². The summed E-state index contributed by atoms with van der Waals surface area (Å²) in [5, 5.41) is 18.3. The Morgan fingerprint density at radius 1 is 1.29 bits per heavy atom. The van der Waals surface area contributed by atoms with Gasteiger partial charge in [-0.25, -0.2) is 9.78 Å². The van der Waals surface area contributed by atoms with E-state index in [0.717, 1.165) is 11.0 Å². The van der Waals surface area contributed by atoms with E-state index >= 15 is 0 Å². The molecule has 1 aromatic heterocycles. The molecule has 2 heterocycles. The standard InChI is InChI=1S/C12H11F3N2O4/c13-12(14,15)11(21)4-5-17(6-11)9(18)7-2-1-3-8(16-7)10(19)20/h1-3,21H,4-6H2,(H,19,20). The first-order valence-electron chi connectivity index (χ1n) is 5.93. The van der Waals surface area contributed by atoms with Gasteiger partial charge in [-0.2, -0.15) is 13.2 Å². The van der Waals surface area contributed by atoms with Gasteiger partial charge in [0.15, 0.2) is 5.60 Å². The molecule has 0 radical (unpaired) electrons. The van der Waals surface area contributed by atoms with Crippen LogP contribution < -0.4 is 0 Å². The van der Waals surface area contributed by atoms with Crippen LogP contribution in [-0.2, 0) is 0 Å². The number of carbonyl (C=O) groups is 2. The van der Waals surface area contributed by atoms with Crippen LogP contribution >= 0.6 is 0 Å². The SMILES string of the molecule is O=C(O)c1cccc(C(=O)N2CCC(O)(C(F)(F)F)C2)n1. The van der Waals surface area contributed by atoms with Gasteiger partial charge in [0.1, 0.15) is 11.4 Å². The van der Waals surface area contributed by atoms with Crippen molar-refractivity contribution >= 4 is 11.9 Å². The predicted octanol–water partition coefficient (Wildman–Crippen LogP) is 0.919. The maximum absolute atomic E-state index is 12.7. The Balaban J connectivity index is 2.19. The Morgan fingerprint density at radius 2 is 1.90 bits per heavy atom. The third-order valence-electron chi connectivity index (χ3n) is 3.25. The van der Waals surface area contributed by atoms with E-state index in [2.05, 4.69) is 4.98 Å². The fourth-order valence-electron chi connectivity index (χ4n) is 2.03. The highest BCUT2D eigenvalue weighted by molar-refractivity contribution is 5.94. The zero-order valence-corrected chi connectivity index (χ0v) is 10.6. The number of carbonyl (C=O) groups excluding carboxylic acids is 1. The highest BCUT2D eigenvalue weighted by Crippen LogP contribution is 2.37. The molecule has 6 nitrogen and oxygen atoms in total. The Kier molecular flexibility index (Phi) is 3.62. The van der Waals surface area contributed by atoms with Crippen LogP contribution in [0.15, 0.2) is 18.2 Å². The third kappa shape index (κ3) is 2.82. The quantitative estimate of drug-likeness (QED) is 0.848. The largest absolute Gasteiger partial charge is 0.477 e. The first-order chi connectivity index (χ1) is 9.64. The van der Waals surface area contributed by atoms with Gasteiger partial charge in [-0.3, -0.25) is 4.79 Å². The summed E-state index contributed by atoms with van der Waals surface area (Å²) in [6, 6.07) is 3.64. The van der Waals surface area contributed by atoms with Gasteiger partial charge in [0, 0.05) is 13.0 Å². The number of β-amino-alcohol motifs (C(OH)–C–C–N with tert-alkyl or cyclic N) is 1. The monoisotopic (exact) mass is 304 g/mol. The van der Waals surface area contributed by atoms with Crippen molar-refractivity contribution in [3.8, 4) is 0 Å². The van der Waals surface area contributed by atoms with Gasteiger partial charge < -0.3 is 15.1 Å². The molecule has 1 unspecified atom stereocenters. The average molecular weight is 304 g/mol. The van der Waals surface area contributed by atoms with Gasteiger partial charge in [0.25, 0.3) is 5.91 Å². The number of likely N-dealkylation sites (tertiary alicyclic amines) is 1. The normalized spacial score (nSPS) is 22.4. The number of hydrogen-bond acceptors (Lipinski definition) is 4. The number of rotatable bonds is 2. The van der Waals surface area contributed by atoms with Crippen LogP contribution in [0.5, 0.6) is 0 Å². The predicted molar refractivity (Wildman–Crippen MR) is 62.7 cm³/mol. The summed E-state index contributed by atoms with van der Waals surface area (Å²) < 4.78 is 38.0. The van der Waals surface area contributed by atoms with Crippen LogP contribution in [0.2, 0.25) is 0 Å². The number of pyridine rings is 1. The molecule has 9 heteroatoms. The summed E-state index contributed by atoms with van der Waals surface area (Å²) in [5.41, 5.74) is -3.60. The molecular formula is C12H11F3N2O4. The third-order valence-corrected chi connectivity index (χ3v) is 3.25. The number of carboxylic acid groups (broad SMARTS) is 1. The minimum atomic E-state index is -4.83. The van der Waals surface area contributed by atoms with Crippen LogP contribution in [0.1, 0.15) is 27.4 Å². The number of alkyl halides is 3. The smallest absolute Gasteiger partial charge is 0.419 e. The minimum Gasteiger partial charge on any atom is -0.477 e. The fourth-order valence-corrected chi connectivity index (χ4v) is 2.03. The summed E-state index contributed by atoms with van der Waals surface area (Å²) in [6.07, 6.45) is -5.46. The highest BCUT2D eigenvalue weighted by Gasteiger charge is 2.57. The highest BCUT2D eigenvalue weighted by atomic mass is 19.4. The summed E-state index contributed by atoms with van der Waals surface area (Å²) in [7, 11) is 0. The molecule has 114 valence electrons. The van der Waals surface area contributed by atoms with Crippen molar-refractivity contribution in [2.24, 2.45) is 0 Å². The Labute approximate surface area is 116 Å². The number of hydrogen-bond donors (Lipinski definition) is 2. The molecule has 2 N–H and O–H groups in total. The molecule has 2 rings (SSSR count). The number of halogens is 3. The Hall–Kier alpha value is -2.16. The number of nitrogens with zero attached hydrogens (tertiary/aromatic N) is 2. The van der Waals surface area contributed by atoms with E-state index in [1.165, 1.54) is 12.1 Å². The topological polar surface area (TPSA) is 90.7 Å². The molecule has 0 bridgehead atoms. The second-order valence-corrected chi connectivity index (χ2v) is 4.72. The lowest BCUT2D eigenvalue weighted by Gasteiger charge is -2.25. The fraction of sp³-hybridized carbons (Fsp3) is 0.417. The summed E-state index contributed by atoms with van der Waals surface area (Å²) in [4.78, 5) is 27.2. The van der Waals surface area contributed by atoms with Crippen molar-refractivity contribution in [1.82, 2.24) is 9.88 Å². The zero-order chi connectivity index (χ0) is 15.8. The molecule has 1 saturated heterocycles. The number of aliphatic hydroxyl groups is 1. The molecule has 21 heavy (non-hydrogen) atoms. The lowest BCUT2D eigenvalue weighted by molar-refractivity contribution is -0.253. The first kappa shape index (κ1) is 15.2. The van der Waals surface area contributed by atoms with Crippen LogP contribution in [0.4, 0.5) is 13.2 Å². The van der Waals surface area contributed by atoms with Crippen molar-refractivity contribution in [1.29, 1.82) is 0 Å². The van der Waals surface area contributed by atoms with E-state index in [9.17, 15) is 27.9 Å². The molecule has 1 aromatic rings. The first-order valence-corrected chi connectivity index (χ1v) is 5.93. The van der Waals surface area contributed by atoms with Crippen LogP contribution in [-0.4, -0.2) is 56.8 Å². The van der Waals surface area contributed by atoms with Crippen molar-refractivity contribution in [2.75, 3.05) is 13.1 Å². The number of aromatic carboxylic acids is 1. The van der Waals surface area contributed by atoms with Gasteiger partial charge in [0.05, 0.1) is 6.54 Å². The molecule has 1 fully saturated rings. The molecule has 0 spiro atoms. The molecule has 1 aliphatic heterocycles.